The number of methoxy groups -OCH3 is 1. The lowest BCUT2D eigenvalue weighted by Gasteiger charge is -2.21. The summed E-state index contributed by atoms with van der Waals surface area (Å²) >= 11 is 3.54. The smallest absolute Gasteiger partial charge is 0.119 e. The van der Waals surface area contributed by atoms with E-state index in [1.165, 1.54) is 0 Å². The topological polar surface area (TPSA) is 50.7 Å². The molecule has 0 saturated carbocycles. The molecule has 1 aromatic carbocycles. The molecule has 0 spiro atoms. The van der Waals surface area contributed by atoms with E-state index in [2.05, 4.69) is 42.0 Å². The summed E-state index contributed by atoms with van der Waals surface area (Å²) in [6.45, 7) is 7.63. The van der Waals surface area contributed by atoms with Crippen molar-refractivity contribution in [3.05, 3.63) is 28.2 Å². The molecule has 0 heterocycles. The van der Waals surface area contributed by atoms with Crippen molar-refractivity contribution in [3.8, 4) is 5.75 Å². The molecule has 0 fully saturated rings. The van der Waals surface area contributed by atoms with Gasteiger partial charge in [-0.1, -0.05) is 15.9 Å². The third-order valence-electron chi connectivity index (χ3n) is 2.63. The van der Waals surface area contributed by atoms with Gasteiger partial charge in [-0.2, -0.15) is 0 Å². The predicted molar refractivity (Wildman–Crippen MR) is 84.1 cm³/mol. The molecule has 0 saturated heterocycles. The van der Waals surface area contributed by atoms with E-state index in [1.807, 2.05) is 18.2 Å². The normalized spacial score (nSPS) is 13.3. The minimum absolute atomic E-state index is 0.0605. The Morgan fingerprint density at radius 2 is 2.00 bits per heavy atom. The lowest BCUT2D eigenvalue weighted by molar-refractivity contribution is 0.0325. The molecule has 0 radical (unpaired) electrons. The summed E-state index contributed by atoms with van der Waals surface area (Å²) in [6.07, 6.45) is -0.611. The molecule has 4 nitrogen and oxygen atoms in total. The molecule has 20 heavy (non-hydrogen) atoms. The van der Waals surface area contributed by atoms with E-state index in [1.54, 1.807) is 7.11 Å². The first kappa shape index (κ1) is 17.4. The van der Waals surface area contributed by atoms with Crippen LogP contribution in [0.4, 0.5) is 0 Å². The Morgan fingerprint density at radius 3 is 2.60 bits per heavy atom. The minimum Gasteiger partial charge on any atom is -0.491 e. The highest BCUT2D eigenvalue weighted by Crippen LogP contribution is 2.23. The fraction of sp³-hybridized carbons (Fsp3) is 0.600. The number of benzene rings is 1. The van der Waals surface area contributed by atoms with Crippen LogP contribution in [0.25, 0.3) is 0 Å². The van der Waals surface area contributed by atoms with E-state index in [0.29, 0.717) is 0 Å². The number of nitrogens with one attached hydrogen (secondary N) is 1. The van der Waals surface area contributed by atoms with E-state index in [0.717, 1.165) is 22.3 Å². The summed E-state index contributed by atoms with van der Waals surface area (Å²) in [5.74, 6) is 0.745. The van der Waals surface area contributed by atoms with Gasteiger partial charge in [-0.05, 0) is 44.5 Å². The molecule has 0 aliphatic heterocycles. The second kappa shape index (κ2) is 7.98. The van der Waals surface area contributed by atoms with Crippen molar-refractivity contribution >= 4 is 15.9 Å². The number of hydrogen-bond donors (Lipinski definition) is 2. The molecular weight excluding hydrogens is 322 g/mol. The molecule has 1 atom stereocenters. The fourth-order valence-corrected chi connectivity index (χ4v) is 1.96. The fourth-order valence-electron chi connectivity index (χ4n) is 1.57. The Balaban J connectivity index is 2.61. The largest absolute Gasteiger partial charge is 0.491 e. The van der Waals surface area contributed by atoms with Crippen molar-refractivity contribution in [2.75, 3.05) is 20.3 Å². The van der Waals surface area contributed by atoms with E-state index in [-0.39, 0.29) is 18.8 Å². The molecule has 1 rings (SSSR count). The summed E-state index contributed by atoms with van der Waals surface area (Å²) in [5, 5.41) is 13.0. The van der Waals surface area contributed by atoms with Crippen LogP contribution in [0.2, 0.25) is 0 Å². The van der Waals surface area contributed by atoms with Gasteiger partial charge in [0.25, 0.3) is 0 Å². The molecular formula is C15H24BrNO3. The Kier molecular flexibility index (Phi) is 6.95. The first-order valence-electron chi connectivity index (χ1n) is 6.65. The zero-order chi connectivity index (χ0) is 15.2. The van der Waals surface area contributed by atoms with Gasteiger partial charge in [0.15, 0.2) is 0 Å². The first-order chi connectivity index (χ1) is 9.31. The Bertz CT molecular complexity index is 418. The van der Waals surface area contributed by atoms with E-state index in [9.17, 15) is 5.11 Å². The van der Waals surface area contributed by atoms with Crippen molar-refractivity contribution in [2.24, 2.45) is 0 Å². The Labute approximate surface area is 129 Å². The van der Waals surface area contributed by atoms with Crippen LogP contribution >= 0.6 is 15.9 Å². The molecule has 114 valence electrons. The Hall–Kier alpha value is -0.620. The van der Waals surface area contributed by atoms with Crippen molar-refractivity contribution in [1.29, 1.82) is 0 Å². The second-order valence-corrected chi connectivity index (χ2v) is 6.63. The monoisotopic (exact) mass is 345 g/mol. The highest BCUT2D eigenvalue weighted by molar-refractivity contribution is 9.10. The second-order valence-electron chi connectivity index (χ2n) is 5.78. The van der Waals surface area contributed by atoms with Crippen molar-refractivity contribution in [3.63, 3.8) is 0 Å². The molecule has 0 aliphatic rings. The molecule has 0 aliphatic carbocycles. The summed E-state index contributed by atoms with van der Waals surface area (Å²) in [6, 6.07) is 5.81. The highest BCUT2D eigenvalue weighted by Gasteiger charge is 2.11. The van der Waals surface area contributed by atoms with Gasteiger partial charge >= 0.3 is 0 Å². The molecule has 0 bridgehead atoms. The van der Waals surface area contributed by atoms with Gasteiger partial charge in [-0.3, -0.25) is 0 Å². The molecule has 2 N–H and O–H groups in total. The number of aliphatic hydroxyl groups excluding tert-OH is 1. The van der Waals surface area contributed by atoms with Gasteiger partial charge in [0.2, 0.25) is 0 Å². The van der Waals surface area contributed by atoms with Gasteiger partial charge in [0.1, 0.15) is 18.5 Å². The van der Waals surface area contributed by atoms with Crippen molar-refractivity contribution < 1.29 is 14.6 Å². The molecule has 1 aromatic rings. The third-order valence-corrected chi connectivity index (χ3v) is 3.40. The van der Waals surface area contributed by atoms with E-state index >= 15 is 0 Å². The van der Waals surface area contributed by atoms with Gasteiger partial charge in [-0.25, -0.2) is 0 Å². The van der Waals surface area contributed by atoms with Crippen LogP contribution in [-0.4, -0.2) is 37.1 Å². The third kappa shape index (κ3) is 6.70. The van der Waals surface area contributed by atoms with Gasteiger partial charge < -0.3 is 19.9 Å². The molecule has 0 aromatic heterocycles. The summed E-state index contributed by atoms with van der Waals surface area (Å²) < 4.78 is 11.5. The zero-order valence-electron chi connectivity index (χ0n) is 12.6. The maximum atomic E-state index is 9.57. The number of rotatable bonds is 7. The Morgan fingerprint density at radius 1 is 1.30 bits per heavy atom. The summed E-state index contributed by atoms with van der Waals surface area (Å²) in [5.41, 5.74) is 1.18. The number of hydrogen-bond acceptors (Lipinski definition) is 4. The quantitative estimate of drug-likeness (QED) is 0.797. The summed E-state index contributed by atoms with van der Waals surface area (Å²) in [4.78, 5) is 0. The number of aliphatic hydroxyl groups is 1. The standard InChI is InChI=1S/C15H24BrNO3/c1-15(2,3)17-8-11-7-13(5-6-14(11)16)20-10-12(18)9-19-4/h5-7,12,17-18H,8-10H2,1-4H3. The lowest BCUT2D eigenvalue weighted by atomic mass is 10.1. The highest BCUT2D eigenvalue weighted by atomic mass is 79.9. The minimum atomic E-state index is -0.611. The van der Waals surface area contributed by atoms with Gasteiger partial charge in [0.05, 0.1) is 6.61 Å². The van der Waals surface area contributed by atoms with Gasteiger partial charge in [0, 0.05) is 23.7 Å². The van der Waals surface area contributed by atoms with Crippen LogP contribution in [0.1, 0.15) is 26.3 Å². The number of ether oxygens (including phenoxy) is 2. The average Bonchev–Trinajstić information content (AvgIpc) is 2.35. The molecule has 0 amide bonds. The van der Waals surface area contributed by atoms with Crippen LogP contribution in [-0.2, 0) is 11.3 Å². The van der Waals surface area contributed by atoms with Crippen molar-refractivity contribution in [1.82, 2.24) is 5.32 Å². The van der Waals surface area contributed by atoms with Crippen LogP contribution < -0.4 is 10.1 Å². The average molecular weight is 346 g/mol. The van der Waals surface area contributed by atoms with E-state index in [4.69, 9.17) is 9.47 Å². The van der Waals surface area contributed by atoms with Crippen LogP contribution in [0.15, 0.2) is 22.7 Å². The number of halogens is 1. The first-order valence-corrected chi connectivity index (χ1v) is 7.44. The van der Waals surface area contributed by atoms with Gasteiger partial charge in [-0.15, -0.1) is 0 Å². The molecule has 5 heteroatoms. The van der Waals surface area contributed by atoms with Crippen molar-refractivity contribution in [2.45, 2.75) is 39.0 Å². The summed E-state index contributed by atoms with van der Waals surface area (Å²) in [7, 11) is 1.55. The zero-order valence-corrected chi connectivity index (χ0v) is 14.2. The lowest BCUT2D eigenvalue weighted by Crippen LogP contribution is -2.35. The molecule has 1 unspecified atom stereocenters. The SMILES string of the molecule is COCC(O)COc1ccc(Br)c(CNC(C)(C)C)c1. The van der Waals surface area contributed by atoms with Crippen LogP contribution in [0.5, 0.6) is 5.75 Å². The van der Waals surface area contributed by atoms with Crippen LogP contribution in [0.3, 0.4) is 0 Å². The maximum Gasteiger partial charge on any atom is 0.119 e. The predicted octanol–water partition coefficient (Wildman–Crippen LogP) is 2.72. The van der Waals surface area contributed by atoms with E-state index < -0.39 is 6.10 Å². The maximum absolute atomic E-state index is 9.57. The van der Waals surface area contributed by atoms with Crippen LogP contribution in [0, 0.1) is 0 Å².